The molecule has 3 heterocycles. The molecular weight excluding hydrogens is 599 g/mol. The molecule has 0 saturated carbocycles. The molecule has 0 bridgehead atoms. The monoisotopic (exact) mass is 622 g/mol. The van der Waals surface area contributed by atoms with Gasteiger partial charge in [-0.15, -0.1) is 5.10 Å². The molecule has 0 unspecified atom stereocenters. The van der Waals surface area contributed by atoms with Gasteiger partial charge in [0.05, 0.1) is 17.2 Å². The lowest BCUT2D eigenvalue weighted by molar-refractivity contribution is -0.144. The van der Waals surface area contributed by atoms with Crippen molar-refractivity contribution in [1.82, 2.24) is 19.3 Å². The van der Waals surface area contributed by atoms with E-state index in [1.54, 1.807) is 6.92 Å². The van der Waals surface area contributed by atoms with Crippen LogP contribution in [0.1, 0.15) is 35.6 Å². The molecule has 4 aromatic rings. The summed E-state index contributed by atoms with van der Waals surface area (Å²) in [4.78, 5) is 32.0. The van der Waals surface area contributed by atoms with Crippen LogP contribution < -0.4 is 15.5 Å². The maximum absolute atomic E-state index is 15.6. The van der Waals surface area contributed by atoms with Crippen molar-refractivity contribution in [1.29, 1.82) is 0 Å². The van der Waals surface area contributed by atoms with Gasteiger partial charge in [0.2, 0.25) is 0 Å². The molecule has 15 heteroatoms. The number of benzene rings is 2. The van der Waals surface area contributed by atoms with Crippen LogP contribution in [0.3, 0.4) is 0 Å². The van der Waals surface area contributed by atoms with E-state index >= 15 is 4.39 Å². The molecule has 1 amide bonds. The Bertz CT molecular complexity index is 1710. The number of carbonyl (C=O) groups is 1. The van der Waals surface area contributed by atoms with E-state index in [4.69, 9.17) is 16.3 Å². The number of para-hydroxylation sites is 1. The second-order valence-corrected chi connectivity index (χ2v) is 10.0. The Morgan fingerprint density at radius 3 is 2.37 bits per heavy atom. The Morgan fingerprint density at radius 1 is 1.00 bits per heavy atom. The molecule has 0 fully saturated rings. The van der Waals surface area contributed by atoms with Crippen LogP contribution in [0.5, 0.6) is 0 Å². The zero-order valence-electron chi connectivity index (χ0n) is 22.8. The van der Waals surface area contributed by atoms with Gasteiger partial charge in [-0.1, -0.05) is 48.0 Å². The van der Waals surface area contributed by atoms with Gasteiger partial charge in [0.1, 0.15) is 36.6 Å². The van der Waals surface area contributed by atoms with Crippen molar-refractivity contribution in [2.75, 3.05) is 16.5 Å². The predicted octanol–water partition coefficient (Wildman–Crippen LogP) is 5.47. The van der Waals surface area contributed by atoms with Crippen LogP contribution in [0.4, 0.5) is 33.5 Å². The smallest absolute Gasteiger partial charge is 0.369 e. The molecule has 9 nitrogen and oxygen atoms in total. The van der Waals surface area contributed by atoms with Crippen molar-refractivity contribution >= 4 is 29.0 Å². The van der Waals surface area contributed by atoms with Gasteiger partial charge in [0.25, 0.3) is 5.91 Å². The van der Waals surface area contributed by atoms with Crippen molar-refractivity contribution in [3.05, 3.63) is 98.7 Å². The standard InChI is InChI=1S/C28H24ClF5N6O3/c1-3-37-22(14-43-13-17-8-5-4-6-9-17)36-40(27(37)42)25-21(31)12-18-24(35-25)38(16(2)28(32,33)34)15-39(26(18)41)23-19(29)10-7-11-20(23)30/h4-12,16H,3,13-15H2,1-2H3/t16-/m0/s1. The first-order chi connectivity index (χ1) is 20.4. The molecule has 1 atom stereocenters. The molecule has 0 spiro atoms. The van der Waals surface area contributed by atoms with Crippen LogP contribution in [0.2, 0.25) is 5.02 Å². The fourth-order valence-electron chi connectivity index (χ4n) is 4.66. The molecular formula is C28H24ClF5N6O3. The summed E-state index contributed by atoms with van der Waals surface area (Å²) in [5.41, 5.74) is -1.01. The van der Waals surface area contributed by atoms with E-state index in [0.29, 0.717) is 20.5 Å². The molecule has 0 radical (unpaired) electrons. The largest absolute Gasteiger partial charge is 0.408 e. The van der Waals surface area contributed by atoms with Gasteiger partial charge >= 0.3 is 11.9 Å². The fraction of sp³-hybridized carbons (Fsp3) is 0.286. The van der Waals surface area contributed by atoms with Gasteiger partial charge in [-0.3, -0.25) is 14.3 Å². The number of fused-ring (bicyclic) bond motifs is 1. The summed E-state index contributed by atoms with van der Waals surface area (Å²) in [5, 5.41) is 3.92. The van der Waals surface area contributed by atoms with E-state index < -0.39 is 65.0 Å². The summed E-state index contributed by atoms with van der Waals surface area (Å²) in [7, 11) is 0. The maximum atomic E-state index is 15.6. The van der Waals surface area contributed by atoms with Gasteiger partial charge in [-0.25, -0.2) is 18.6 Å². The summed E-state index contributed by atoms with van der Waals surface area (Å²) in [5.74, 6) is -4.37. The number of rotatable bonds is 8. The number of ether oxygens (including phenoxy) is 1. The number of hydrogen-bond donors (Lipinski definition) is 0. The molecule has 0 saturated heterocycles. The van der Waals surface area contributed by atoms with Crippen LogP contribution in [-0.4, -0.2) is 44.1 Å². The minimum Gasteiger partial charge on any atom is -0.369 e. The Balaban J connectivity index is 1.58. The van der Waals surface area contributed by atoms with E-state index in [-0.39, 0.29) is 30.6 Å². The Kier molecular flexibility index (Phi) is 8.25. The number of hydrogen-bond acceptors (Lipinski definition) is 6. The van der Waals surface area contributed by atoms with Crippen LogP contribution in [0, 0.1) is 11.6 Å². The van der Waals surface area contributed by atoms with Crippen molar-refractivity contribution in [3.63, 3.8) is 0 Å². The SMILES string of the molecule is CCn1c(COCc2ccccc2)nn(-c2nc3c(cc2F)C(=O)N(c2c(F)cccc2Cl)CN3[C@@H](C)C(F)(F)F)c1=O. The third-order valence-electron chi connectivity index (χ3n) is 6.93. The average Bonchev–Trinajstić information content (AvgIpc) is 3.28. The number of anilines is 2. The number of pyridine rings is 1. The maximum Gasteiger partial charge on any atom is 0.408 e. The molecule has 2 aromatic heterocycles. The molecule has 0 aliphatic carbocycles. The molecule has 226 valence electrons. The number of carbonyl (C=O) groups excluding carboxylic acids is 1. The summed E-state index contributed by atoms with van der Waals surface area (Å²) in [6.45, 7) is 1.84. The second-order valence-electron chi connectivity index (χ2n) is 9.63. The molecule has 43 heavy (non-hydrogen) atoms. The van der Waals surface area contributed by atoms with Gasteiger partial charge in [-0.2, -0.15) is 17.9 Å². The summed E-state index contributed by atoms with van der Waals surface area (Å²) < 4.78 is 79.8. The zero-order valence-corrected chi connectivity index (χ0v) is 23.5. The normalized spacial score (nSPS) is 14.3. The van der Waals surface area contributed by atoms with E-state index in [1.165, 1.54) is 16.7 Å². The number of amides is 1. The molecule has 1 aliphatic rings. The minimum absolute atomic E-state index is 0.124. The van der Waals surface area contributed by atoms with Crippen molar-refractivity contribution in [2.45, 2.75) is 45.8 Å². The summed E-state index contributed by atoms with van der Waals surface area (Å²) >= 11 is 6.11. The van der Waals surface area contributed by atoms with E-state index in [9.17, 15) is 27.2 Å². The predicted molar refractivity (Wildman–Crippen MR) is 147 cm³/mol. The lowest BCUT2D eigenvalue weighted by Gasteiger charge is -2.41. The molecule has 5 rings (SSSR count). The third-order valence-corrected chi connectivity index (χ3v) is 7.23. The quantitative estimate of drug-likeness (QED) is 0.242. The molecule has 2 aromatic carbocycles. The number of alkyl halides is 3. The highest BCUT2D eigenvalue weighted by molar-refractivity contribution is 6.34. The van der Waals surface area contributed by atoms with E-state index in [1.807, 2.05) is 30.3 Å². The zero-order chi connectivity index (χ0) is 31.1. The number of halogens is 6. The topological polar surface area (TPSA) is 85.5 Å². The van der Waals surface area contributed by atoms with Crippen LogP contribution in [0.25, 0.3) is 5.82 Å². The molecule has 0 N–H and O–H groups in total. The average molecular weight is 623 g/mol. The Labute approximate surface area is 246 Å². The van der Waals surface area contributed by atoms with E-state index in [2.05, 4.69) is 10.1 Å². The van der Waals surface area contributed by atoms with E-state index in [0.717, 1.165) is 18.6 Å². The Morgan fingerprint density at radius 2 is 1.72 bits per heavy atom. The van der Waals surface area contributed by atoms with Gasteiger partial charge in [0.15, 0.2) is 17.5 Å². The first-order valence-corrected chi connectivity index (χ1v) is 13.4. The Hall–Kier alpha value is -4.30. The summed E-state index contributed by atoms with van der Waals surface area (Å²) in [6, 6.07) is 11.1. The van der Waals surface area contributed by atoms with Gasteiger partial charge < -0.3 is 9.64 Å². The highest BCUT2D eigenvalue weighted by Crippen LogP contribution is 2.38. The third kappa shape index (κ3) is 5.71. The van der Waals surface area contributed by atoms with Crippen molar-refractivity contribution in [3.8, 4) is 5.82 Å². The first kappa shape index (κ1) is 30.2. The fourth-order valence-corrected chi connectivity index (χ4v) is 4.92. The summed E-state index contributed by atoms with van der Waals surface area (Å²) in [6.07, 6.45) is -4.83. The van der Waals surface area contributed by atoms with Gasteiger partial charge in [0, 0.05) is 6.54 Å². The number of aromatic nitrogens is 4. The van der Waals surface area contributed by atoms with Crippen LogP contribution in [0.15, 0.2) is 59.4 Å². The lowest BCUT2D eigenvalue weighted by Crippen LogP contribution is -2.55. The van der Waals surface area contributed by atoms with Crippen LogP contribution in [-0.2, 0) is 24.5 Å². The highest BCUT2D eigenvalue weighted by Gasteiger charge is 2.46. The van der Waals surface area contributed by atoms with Crippen molar-refractivity contribution in [2.24, 2.45) is 0 Å². The highest BCUT2D eigenvalue weighted by atomic mass is 35.5. The lowest BCUT2D eigenvalue weighted by atomic mass is 10.1. The van der Waals surface area contributed by atoms with Crippen LogP contribution >= 0.6 is 11.6 Å². The van der Waals surface area contributed by atoms with Crippen molar-refractivity contribution < 1.29 is 31.5 Å². The number of nitrogens with zero attached hydrogens (tertiary/aromatic N) is 6. The van der Waals surface area contributed by atoms with Gasteiger partial charge in [-0.05, 0) is 37.6 Å². The minimum atomic E-state index is -4.83. The second kappa shape index (κ2) is 11.8. The first-order valence-electron chi connectivity index (χ1n) is 13.0. The molecule has 1 aliphatic heterocycles.